The molecule has 0 amide bonds. The van der Waals surface area contributed by atoms with E-state index in [1.165, 1.54) is 17.0 Å². The Morgan fingerprint density at radius 1 is 1.26 bits per heavy atom. The van der Waals surface area contributed by atoms with Crippen molar-refractivity contribution in [3.8, 4) is 0 Å². The van der Waals surface area contributed by atoms with Crippen molar-refractivity contribution in [1.29, 1.82) is 0 Å². The summed E-state index contributed by atoms with van der Waals surface area (Å²) in [6.45, 7) is 4.28. The number of nitrogens with zero attached hydrogens (tertiary/aromatic N) is 2. The van der Waals surface area contributed by atoms with Crippen LogP contribution >= 0.6 is 0 Å². The molecule has 0 unspecified atom stereocenters. The molecule has 1 aliphatic rings. The number of hydrogen-bond acceptors (Lipinski definition) is 2. The van der Waals surface area contributed by atoms with E-state index in [1.54, 1.807) is 0 Å². The van der Waals surface area contributed by atoms with Crippen LogP contribution in [0.3, 0.4) is 0 Å². The van der Waals surface area contributed by atoms with Crippen LogP contribution in [-0.2, 0) is 25.3 Å². The first-order valence-corrected chi connectivity index (χ1v) is 7.01. The van der Waals surface area contributed by atoms with E-state index in [4.69, 9.17) is 0 Å². The Kier molecular flexibility index (Phi) is 3.15. The highest BCUT2D eigenvalue weighted by atomic mass is 15.3. The molecule has 0 bridgehead atoms. The lowest BCUT2D eigenvalue weighted by Gasteiger charge is -2.43. The molecule has 0 atom stereocenters. The van der Waals surface area contributed by atoms with Crippen molar-refractivity contribution >= 4 is 0 Å². The van der Waals surface area contributed by atoms with E-state index in [1.807, 2.05) is 4.68 Å². The van der Waals surface area contributed by atoms with E-state index < -0.39 is 0 Å². The van der Waals surface area contributed by atoms with Crippen LogP contribution in [0.5, 0.6) is 0 Å². The second-order valence-electron chi connectivity index (χ2n) is 5.53. The van der Waals surface area contributed by atoms with E-state index >= 15 is 0 Å². The Balaban J connectivity index is 1.89. The van der Waals surface area contributed by atoms with Crippen molar-refractivity contribution < 1.29 is 0 Å². The Hall–Kier alpha value is -1.61. The molecule has 0 spiro atoms. The van der Waals surface area contributed by atoms with Gasteiger partial charge in [0.1, 0.15) is 0 Å². The minimum atomic E-state index is 0.250. The van der Waals surface area contributed by atoms with Crippen molar-refractivity contribution in [2.45, 2.75) is 25.2 Å². The maximum Gasteiger partial charge on any atom is 0.0624 e. The first-order chi connectivity index (χ1) is 9.23. The molecule has 100 valence electrons. The van der Waals surface area contributed by atoms with Crippen LogP contribution in [0.1, 0.15) is 23.9 Å². The van der Waals surface area contributed by atoms with Gasteiger partial charge in [-0.1, -0.05) is 37.3 Å². The topological polar surface area (TPSA) is 29.9 Å². The number of aromatic nitrogens is 2. The smallest absolute Gasteiger partial charge is 0.0624 e. The normalized spacial score (nSPS) is 17.2. The molecular weight excluding hydrogens is 234 g/mol. The Bertz CT molecular complexity index is 553. The third-order valence-electron chi connectivity index (χ3n) is 4.22. The van der Waals surface area contributed by atoms with Crippen molar-refractivity contribution in [3.05, 3.63) is 53.3 Å². The van der Waals surface area contributed by atoms with Gasteiger partial charge in [-0.25, -0.2) is 0 Å². The zero-order chi connectivity index (χ0) is 13.3. The predicted molar refractivity (Wildman–Crippen MR) is 77.3 cm³/mol. The van der Waals surface area contributed by atoms with Gasteiger partial charge in [0.05, 0.1) is 5.69 Å². The SMILES string of the molecule is CCc1cc(CC2(c3ccccc3)CNC2)n(C)n1. The van der Waals surface area contributed by atoms with Crippen LogP contribution in [0.15, 0.2) is 36.4 Å². The molecule has 2 heterocycles. The van der Waals surface area contributed by atoms with Gasteiger partial charge in [0, 0.05) is 37.7 Å². The fourth-order valence-corrected chi connectivity index (χ4v) is 2.91. The number of aryl methyl sites for hydroxylation is 2. The molecule has 1 aromatic heterocycles. The van der Waals surface area contributed by atoms with Crippen molar-refractivity contribution in [1.82, 2.24) is 15.1 Å². The van der Waals surface area contributed by atoms with Crippen LogP contribution in [0, 0.1) is 0 Å². The van der Waals surface area contributed by atoms with Gasteiger partial charge in [-0.05, 0) is 18.1 Å². The van der Waals surface area contributed by atoms with Gasteiger partial charge >= 0.3 is 0 Å². The second kappa shape index (κ2) is 4.82. The molecule has 2 aromatic rings. The number of rotatable bonds is 4. The van der Waals surface area contributed by atoms with Gasteiger partial charge in [0.25, 0.3) is 0 Å². The number of hydrogen-bond donors (Lipinski definition) is 1. The summed E-state index contributed by atoms with van der Waals surface area (Å²) < 4.78 is 2.04. The van der Waals surface area contributed by atoms with Crippen LogP contribution in [0.2, 0.25) is 0 Å². The van der Waals surface area contributed by atoms with Crippen LogP contribution in [0.4, 0.5) is 0 Å². The van der Waals surface area contributed by atoms with Crippen LogP contribution in [0.25, 0.3) is 0 Å². The van der Waals surface area contributed by atoms with Gasteiger partial charge in [0.15, 0.2) is 0 Å². The summed E-state index contributed by atoms with van der Waals surface area (Å²) in [5, 5.41) is 7.99. The monoisotopic (exact) mass is 255 g/mol. The first-order valence-electron chi connectivity index (χ1n) is 7.01. The van der Waals surface area contributed by atoms with E-state index in [0.717, 1.165) is 25.9 Å². The maximum atomic E-state index is 4.56. The molecule has 1 N–H and O–H groups in total. The minimum absolute atomic E-state index is 0.250. The molecule has 0 aliphatic carbocycles. The average molecular weight is 255 g/mol. The lowest BCUT2D eigenvalue weighted by molar-refractivity contribution is 0.270. The molecule has 1 aliphatic heterocycles. The lowest BCUT2D eigenvalue weighted by atomic mass is 9.72. The number of benzene rings is 1. The quantitative estimate of drug-likeness (QED) is 0.906. The van der Waals surface area contributed by atoms with Gasteiger partial charge in [-0.3, -0.25) is 4.68 Å². The van der Waals surface area contributed by atoms with E-state index in [2.05, 4.69) is 60.8 Å². The second-order valence-corrected chi connectivity index (χ2v) is 5.53. The standard InChI is InChI=1S/C16H21N3/c1-3-14-9-15(19(2)18-14)10-16(11-17-12-16)13-7-5-4-6-8-13/h4-9,17H,3,10-12H2,1-2H3. The van der Waals surface area contributed by atoms with Crippen molar-refractivity contribution in [2.24, 2.45) is 7.05 Å². The summed E-state index contributed by atoms with van der Waals surface area (Å²) in [4.78, 5) is 0. The summed E-state index contributed by atoms with van der Waals surface area (Å²) in [5.74, 6) is 0. The fraction of sp³-hybridized carbons (Fsp3) is 0.438. The first kappa shape index (κ1) is 12.4. The van der Waals surface area contributed by atoms with Crippen LogP contribution in [-0.4, -0.2) is 22.9 Å². The largest absolute Gasteiger partial charge is 0.315 e. The molecule has 3 heteroatoms. The molecule has 0 radical (unpaired) electrons. The van der Waals surface area contributed by atoms with Gasteiger partial charge in [0.2, 0.25) is 0 Å². The minimum Gasteiger partial charge on any atom is -0.315 e. The van der Waals surface area contributed by atoms with Gasteiger partial charge in [-0.2, -0.15) is 5.10 Å². The molecule has 19 heavy (non-hydrogen) atoms. The zero-order valence-electron chi connectivity index (χ0n) is 11.7. The van der Waals surface area contributed by atoms with Crippen molar-refractivity contribution in [2.75, 3.05) is 13.1 Å². The highest BCUT2D eigenvalue weighted by Crippen LogP contribution is 2.32. The fourth-order valence-electron chi connectivity index (χ4n) is 2.91. The van der Waals surface area contributed by atoms with E-state index in [0.29, 0.717) is 0 Å². The molecule has 1 aromatic carbocycles. The molecule has 1 fully saturated rings. The Morgan fingerprint density at radius 2 is 2.00 bits per heavy atom. The lowest BCUT2D eigenvalue weighted by Crippen LogP contribution is -2.58. The highest BCUT2D eigenvalue weighted by molar-refractivity contribution is 5.32. The van der Waals surface area contributed by atoms with Gasteiger partial charge in [-0.15, -0.1) is 0 Å². The molecule has 1 saturated heterocycles. The van der Waals surface area contributed by atoms with Crippen LogP contribution < -0.4 is 5.32 Å². The number of nitrogens with one attached hydrogen (secondary N) is 1. The average Bonchev–Trinajstić information content (AvgIpc) is 2.75. The van der Waals surface area contributed by atoms with Gasteiger partial charge < -0.3 is 5.32 Å². The molecule has 3 nitrogen and oxygen atoms in total. The predicted octanol–water partition coefficient (Wildman–Crippen LogP) is 2.07. The third-order valence-corrected chi connectivity index (χ3v) is 4.22. The van der Waals surface area contributed by atoms with E-state index in [-0.39, 0.29) is 5.41 Å². The van der Waals surface area contributed by atoms with E-state index in [9.17, 15) is 0 Å². The summed E-state index contributed by atoms with van der Waals surface area (Å²) in [6, 6.07) is 13.1. The summed E-state index contributed by atoms with van der Waals surface area (Å²) in [6.07, 6.45) is 2.07. The summed E-state index contributed by atoms with van der Waals surface area (Å²) >= 11 is 0. The van der Waals surface area contributed by atoms with Crippen molar-refractivity contribution in [3.63, 3.8) is 0 Å². The molecule has 3 rings (SSSR count). The Morgan fingerprint density at radius 3 is 2.53 bits per heavy atom. The summed E-state index contributed by atoms with van der Waals surface area (Å²) in [5.41, 5.74) is 4.21. The Labute approximate surface area is 114 Å². The zero-order valence-corrected chi connectivity index (χ0v) is 11.7. The highest BCUT2D eigenvalue weighted by Gasteiger charge is 2.39. The maximum absolute atomic E-state index is 4.56. The molecule has 0 saturated carbocycles. The molecular formula is C16H21N3. The third kappa shape index (κ3) is 2.19. The summed E-state index contributed by atoms with van der Waals surface area (Å²) in [7, 11) is 2.05.